The molecule has 172 valence electrons. The van der Waals surface area contributed by atoms with E-state index in [1.165, 1.54) is 6.92 Å². The van der Waals surface area contributed by atoms with E-state index in [2.05, 4.69) is 9.98 Å². The predicted molar refractivity (Wildman–Crippen MR) is 104 cm³/mol. The van der Waals surface area contributed by atoms with Gasteiger partial charge in [0, 0.05) is 25.2 Å². The molecule has 1 aliphatic rings. The van der Waals surface area contributed by atoms with Crippen LogP contribution in [0.5, 0.6) is 0 Å². The number of carbonyl (C=O) groups is 1. The van der Waals surface area contributed by atoms with Gasteiger partial charge in [0.15, 0.2) is 17.4 Å². The average molecular weight is 476 g/mol. The molecule has 0 spiro atoms. The number of nitrogens with two attached hydrogens (primary N) is 1. The first-order valence-electron chi connectivity index (χ1n) is 9.01. The summed E-state index contributed by atoms with van der Waals surface area (Å²) in [6.45, 7) is 1.26. The third-order valence-electron chi connectivity index (χ3n) is 4.97. The number of Topliss-reactive ketones (excluding diaryl/α,β-unsaturated/α-hetero) is 1. The Kier molecular flexibility index (Phi) is 5.74. The van der Waals surface area contributed by atoms with Crippen LogP contribution in [0.25, 0.3) is 0 Å². The molecule has 2 aromatic rings. The molecule has 13 heteroatoms. The smallest absolute Gasteiger partial charge is 0.369 e. The lowest BCUT2D eigenvalue weighted by Gasteiger charge is -2.34. The molecule has 0 unspecified atom stereocenters. The highest BCUT2D eigenvalue weighted by atomic mass is 32.2. The van der Waals surface area contributed by atoms with Gasteiger partial charge in [-0.3, -0.25) is 9.78 Å². The van der Waals surface area contributed by atoms with Crippen LogP contribution in [-0.4, -0.2) is 42.3 Å². The van der Waals surface area contributed by atoms with Gasteiger partial charge in [0.1, 0.15) is 11.2 Å². The average Bonchev–Trinajstić information content (AvgIpc) is 2.67. The van der Waals surface area contributed by atoms with Crippen LogP contribution < -0.4 is 5.73 Å². The summed E-state index contributed by atoms with van der Waals surface area (Å²) in [6.07, 6.45) is -4.66. The molecular weight excluding hydrogens is 459 g/mol. The summed E-state index contributed by atoms with van der Waals surface area (Å²) in [4.78, 5) is 19.9. The van der Waals surface area contributed by atoms with Crippen LogP contribution in [0.15, 0.2) is 35.5 Å². The Morgan fingerprint density at radius 3 is 2.44 bits per heavy atom. The number of hydrogen-bond acceptors (Lipinski definition) is 6. The number of sulfonamides is 1. The van der Waals surface area contributed by atoms with Gasteiger partial charge in [-0.2, -0.15) is 13.2 Å². The van der Waals surface area contributed by atoms with Gasteiger partial charge in [0.05, 0.1) is 11.3 Å². The maximum absolute atomic E-state index is 14.6. The molecule has 0 bridgehead atoms. The summed E-state index contributed by atoms with van der Waals surface area (Å²) in [7, 11) is -2.81. The number of aromatic nitrogens is 1. The van der Waals surface area contributed by atoms with Gasteiger partial charge in [-0.05, 0) is 36.8 Å². The summed E-state index contributed by atoms with van der Waals surface area (Å²) >= 11 is 0. The fourth-order valence-corrected chi connectivity index (χ4v) is 4.68. The van der Waals surface area contributed by atoms with E-state index in [4.69, 9.17) is 5.73 Å². The Labute approximate surface area is 179 Å². The summed E-state index contributed by atoms with van der Waals surface area (Å²) < 4.78 is 92.2. The normalized spacial score (nSPS) is 20.7. The Balaban J connectivity index is 1.96. The van der Waals surface area contributed by atoms with E-state index in [-0.39, 0.29) is 11.3 Å². The van der Waals surface area contributed by atoms with Crippen LogP contribution in [-0.2, 0) is 28.2 Å². The maximum atomic E-state index is 14.6. The second-order valence-electron chi connectivity index (χ2n) is 7.44. The number of pyridine rings is 1. The molecule has 1 aromatic carbocycles. The van der Waals surface area contributed by atoms with Gasteiger partial charge < -0.3 is 5.73 Å². The molecule has 0 radical (unpaired) electrons. The molecule has 1 aliphatic heterocycles. The number of aliphatic imine (C=N–C) groups is 1. The van der Waals surface area contributed by atoms with E-state index in [0.29, 0.717) is 16.6 Å². The highest BCUT2D eigenvalue weighted by Crippen LogP contribution is 2.35. The molecule has 0 saturated carbocycles. The number of guanidine groups is 1. The van der Waals surface area contributed by atoms with E-state index in [0.717, 1.165) is 25.2 Å². The third kappa shape index (κ3) is 4.42. The number of halogens is 5. The molecule has 7 nitrogen and oxygen atoms in total. The van der Waals surface area contributed by atoms with E-state index in [1.807, 2.05) is 0 Å². The second kappa shape index (κ2) is 7.80. The largest absolute Gasteiger partial charge is 0.417 e. The van der Waals surface area contributed by atoms with Gasteiger partial charge in [-0.25, -0.2) is 26.5 Å². The third-order valence-corrected chi connectivity index (χ3v) is 6.92. The molecule has 0 saturated heterocycles. The SMILES string of the molecule is CN1C(N)=N[C@](C)(c2cc(CC(=O)c3ccc(C(F)(F)F)cn3)cc(F)c2F)CS1(=O)=O. The lowest BCUT2D eigenvalue weighted by Crippen LogP contribution is -2.50. The van der Waals surface area contributed by atoms with Crippen LogP contribution in [0, 0.1) is 11.6 Å². The van der Waals surface area contributed by atoms with Crippen molar-refractivity contribution in [2.24, 2.45) is 10.7 Å². The zero-order valence-electron chi connectivity index (χ0n) is 16.7. The number of benzene rings is 1. The number of hydrogen-bond donors (Lipinski definition) is 1. The zero-order chi connectivity index (χ0) is 24.1. The summed E-state index contributed by atoms with van der Waals surface area (Å²) in [5.74, 6) is -4.58. The fraction of sp³-hybridized carbons (Fsp3) is 0.316. The minimum Gasteiger partial charge on any atom is -0.369 e. The minimum absolute atomic E-state index is 0.0445. The summed E-state index contributed by atoms with van der Waals surface area (Å²) in [5, 5.41) is 0. The molecule has 3 rings (SSSR count). The fourth-order valence-electron chi connectivity index (χ4n) is 3.23. The lowest BCUT2D eigenvalue weighted by atomic mass is 9.91. The van der Waals surface area contributed by atoms with Crippen molar-refractivity contribution in [2.45, 2.75) is 25.1 Å². The Bertz CT molecular complexity index is 1210. The molecule has 0 aliphatic carbocycles. The van der Waals surface area contributed by atoms with Crippen LogP contribution >= 0.6 is 0 Å². The van der Waals surface area contributed by atoms with E-state index >= 15 is 0 Å². The Morgan fingerprint density at radius 1 is 1.25 bits per heavy atom. The van der Waals surface area contributed by atoms with Crippen molar-refractivity contribution in [1.29, 1.82) is 0 Å². The highest BCUT2D eigenvalue weighted by Gasteiger charge is 2.42. The van der Waals surface area contributed by atoms with E-state index in [1.54, 1.807) is 0 Å². The Hall–Kier alpha value is -3.09. The van der Waals surface area contributed by atoms with Crippen molar-refractivity contribution in [2.75, 3.05) is 12.8 Å². The Morgan fingerprint density at radius 2 is 1.91 bits per heavy atom. The summed E-state index contributed by atoms with van der Waals surface area (Å²) in [5.41, 5.74) is 2.03. The highest BCUT2D eigenvalue weighted by molar-refractivity contribution is 7.89. The lowest BCUT2D eigenvalue weighted by molar-refractivity contribution is -0.137. The monoisotopic (exact) mass is 476 g/mol. The van der Waals surface area contributed by atoms with Crippen molar-refractivity contribution >= 4 is 21.8 Å². The van der Waals surface area contributed by atoms with Gasteiger partial charge >= 0.3 is 6.18 Å². The first-order valence-corrected chi connectivity index (χ1v) is 10.6. The number of nitrogens with zero attached hydrogens (tertiary/aromatic N) is 3. The zero-order valence-corrected chi connectivity index (χ0v) is 17.6. The van der Waals surface area contributed by atoms with Gasteiger partial charge in [0.2, 0.25) is 16.0 Å². The number of rotatable bonds is 4. The van der Waals surface area contributed by atoms with E-state index < -0.39 is 68.4 Å². The number of alkyl halides is 3. The topological polar surface area (TPSA) is 106 Å². The van der Waals surface area contributed by atoms with Crippen molar-refractivity contribution in [3.05, 3.63) is 64.5 Å². The van der Waals surface area contributed by atoms with Crippen molar-refractivity contribution in [1.82, 2.24) is 9.29 Å². The van der Waals surface area contributed by atoms with Crippen molar-refractivity contribution in [3.63, 3.8) is 0 Å². The molecule has 1 atom stereocenters. The van der Waals surface area contributed by atoms with Crippen molar-refractivity contribution in [3.8, 4) is 0 Å². The van der Waals surface area contributed by atoms with Crippen LogP contribution in [0.1, 0.15) is 34.1 Å². The number of ketones is 1. The molecule has 2 heterocycles. The molecule has 32 heavy (non-hydrogen) atoms. The maximum Gasteiger partial charge on any atom is 0.417 e. The van der Waals surface area contributed by atoms with Crippen LogP contribution in [0.3, 0.4) is 0 Å². The quantitative estimate of drug-likeness (QED) is 0.540. The summed E-state index contributed by atoms with van der Waals surface area (Å²) in [6, 6.07) is 3.37. The van der Waals surface area contributed by atoms with Gasteiger partial charge in [-0.15, -0.1) is 0 Å². The van der Waals surface area contributed by atoms with Crippen molar-refractivity contribution < 1.29 is 35.2 Å². The molecule has 0 fully saturated rings. The first-order chi connectivity index (χ1) is 14.6. The van der Waals surface area contributed by atoms with Gasteiger partial charge in [-0.1, -0.05) is 0 Å². The van der Waals surface area contributed by atoms with E-state index in [9.17, 15) is 35.2 Å². The number of carbonyl (C=O) groups excluding carboxylic acids is 1. The first kappa shape index (κ1) is 23.6. The van der Waals surface area contributed by atoms with Gasteiger partial charge in [0.25, 0.3) is 0 Å². The van der Waals surface area contributed by atoms with Crippen LogP contribution in [0.4, 0.5) is 22.0 Å². The minimum atomic E-state index is -4.63. The molecule has 2 N–H and O–H groups in total. The molecule has 0 amide bonds. The van der Waals surface area contributed by atoms with Crippen LogP contribution in [0.2, 0.25) is 0 Å². The molecular formula is C19H17F5N4O3S. The second-order valence-corrected chi connectivity index (χ2v) is 9.44. The standard InChI is InChI=1S/C19H17F5N4O3S/c1-18(9-32(30,31)28(2)17(25)27-18)12-5-10(6-13(20)16(12)21)7-15(29)14-4-3-11(8-26-14)19(22,23)24/h3-6,8H,7,9H2,1-2H3,(H2,25,27)/t18-/m0/s1. The predicted octanol–water partition coefficient (Wildman–Crippen LogP) is 2.61. The molecule has 1 aromatic heterocycles.